The van der Waals surface area contributed by atoms with Crippen LogP contribution in [0.5, 0.6) is 0 Å². The van der Waals surface area contributed by atoms with Gasteiger partial charge in [-0.15, -0.1) is 11.3 Å². The van der Waals surface area contributed by atoms with E-state index in [0.29, 0.717) is 12.5 Å². The van der Waals surface area contributed by atoms with Gasteiger partial charge in [0.2, 0.25) is 0 Å². The van der Waals surface area contributed by atoms with Crippen LogP contribution in [0, 0.1) is 0 Å². The Labute approximate surface area is 114 Å². The van der Waals surface area contributed by atoms with E-state index in [2.05, 4.69) is 24.1 Å². The van der Waals surface area contributed by atoms with Gasteiger partial charge in [-0.25, -0.2) is 4.98 Å². The van der Waals surface area contributed by atoms with Crippen molar-refractivity contribution in [2.45, 2.75) is 64.0 Å². The first kappa shape index (κ1) is 14.0. The number of aromatic nitrogens is 1. The molecule has 1 aliphatic rings. The van der Waals surface area contributed by atoms with E-state index in [9.17, 15) is 5.11 Å². The van der Waals surface area contributed by atoms with Crippen LogP contribution in [-0.2, 0) is 6.54 Å². The molecule has 0 aliphatic heterocycles. The van der Waals surface area contributed by atoms with Gasteiger partial charge in [-0.2, -0.15) is 0 Å². The molecule has 0 unspecified atom stereocenters. The van der Waals surface area contributed by atoms with Crippen LogP contribution in [0.25, 0.3) is 0 Å². The van der Waals surface area contributed by atoms with Crippen LogP contribution in [0.3, 0.4) is 0 Å². The lowest BCUT2D eigenvalue weighted by atomic mass is 9.85. The Morgan fingerprint density at radius 1 is 1.39 bits per heavy atom. The highest BCUT2D eigenvalue weighted by Gasteiger charge is 2.28. The maximum absolute atomic E-state index is 10.4. The first-order valence-electron chi connectivity index (χ1n) is 6.97. The van der Waals surface area contributed by atoms with E-state index in [-0.39, 0.29) is 0 Å². The summed E-state index contributed by atoms with van der Waals surface area (Å²) >= 11 is 1.77. The van der Waals surface area contributed by atoms with Crippen LogP contribution in [0.1, 0.15) is 61.8 Å². The smallest absolute Gasteiger partial charge is 0.0953 e. The predicted molar refractivity (Wildman–Crippen MR) is 75.9 cm³/mol. The number of hydrogen-bond acceptors (Lipinski definition) is 4. The summed E-state index contributed by atoms with van der Waals surface area (Å²) in [6.45, 7) is 5.87. The number of nitrogens with zero attached hydrogens (tertiary/aromatic N) is 1. The number of nitrogens with one attached hydrogen (secondary N) is 1. The minimum Gasteiger partial charge on any atom is -0.389 e. The van der Waals surface area contributed by atoms with Crippen molar-refractivity contribution in [1.29, 1.82) is 0 Å². The van der Waals surface area contributed by atoms with E-state index in [1.807, 2.05) is 6.20 Å². The van der Waals surface area contributed by atoms with Crippen molar-refractivity contribution in [2.24, 2.45) is 0 Å². The average Bonchev–Trinajstić information content (AvgIpc) is 2.78. The zero-order valence-corrected chi connectivity index (χ0v) is 12.2. The fraction of sp³-hybridized carbons (Fsp3) is 0.786. The average molecular weight is 268 g/mol. The third kappa shape index (κ3) is 3.77. The molecule has 1 heterocycles. The lowest BCUT2D eigenvalue weighted by Crippen LogP contribution is -2.41. The van der Waals surface area contributed by atoms with Gasteiger partial charge in [0.1, 0.15) is 0 Å². The molecule has 1 saturated carbocycles. The van der Waals surface area contributed by atoms with Crippen LogP contribution in [0.15, 0.2) is 6.20 Å². The Kier molecular flexibility index (Phi) is 4.76. The molecule has 4 heteroatoms. The standard InChI is InChI=1S/C14H24N2OS/c1-11(2)13-16-9-12(18-13)8-15-10-14(17)6-4-3-5-7-14/h9,11,15,17H,3-8,10H2,1-2H3. The predicted octanol–water partition coefficient (Wildman–Crippen LogP) is 3.05. The van der Waals surface area contributed by atoms with Gasteiger partial charge in [0.05, 0.1) is 10.6 Å². The molecule has 1 aliphatic carbocycles. The molecule has 0 radical (unpaired) electrons. The highest BCUT2D eigenvalue weighted by molar-refractivity contribution is 7.11. The van der Waals surface area contributed by atoms with Gasteiger partial charge in [-0.05, 0) is 12.8 Å². The summed E-state index contributed by atoms with van der Waals surface area (Å²) in [7, 11) is 0. The monoisotopic (exact) mass is 268 g/mol. The van der Waals surface area contributed by atoms with Gasteiger partial charge < -0.3 is 10.4 Å². The molecular weight excluding hydrogens is 244 g/mol. The van der Waals surface area contributed by atoms with E-state index >= 15 is 0 Å². The van der Waals surface area contributed by atoms with Gasteiger partial charge in [-0.1, -0.05) is 33.1 Å². The Morgan fingerprint density at radius 2 is 2.11 bits per heavy atom. The molecule has 1 aromatic rings. The zero-order chi connectivity index (χ0) is 13.0. The molecule has 0 bridgehead atoms. The summed E-state index contributed by atoms with van der Waals surface area (Å²) in [5.41, 5.74) is -0.468. The van der Waals surface area contributed by atoms with Gasteiger partial charge in [0, 0.05) is 30.1 Å². The van der Waals surface area contributed by atoms with Crippen molar-refractivity contribution in [3.8, 4) is 0 Å². The lowest BCUT2D eigenvalue weighted by molar-refractivity contribution is 0.00472. The van der Waals surface area contributed by atoms with Crippen molar-refractivity contribution >= 4 is 11.3 Å². The second-order valence-electron chi connectivity index (χ2n) is 5.71. The molecule has 1 fully saturated rings. The molecule has 0 atom stereocenters. The number of hydrogen-bond donors (Lipinski definition) is 2. The Hall–Kier alpha value is -0.450. The van der Waals surface area contributed by atoms with E-state index in [0.717, 1.165) is 32.2 Å². The maximum atomic E-state index is 10.4. The Balaban J connectivity index is 1.77. The van der Waals surface area contributed by atoms with Crippen LogP contribution in [0.2, 0.25) is 0 Å². The topological polar surface area (TPSA) is 45.2 Å². The van der Waals surface area contributed by atoms with Crippen molar-refractivity contribution in [3.63, 3.8) is 0 Å². The van der Waals surface area contributed by atoms with E-state index in [4.69, 9.17) is 0 Å². The van der Waals surface area contributed by atoms with Crippen molar-refractivity contribution < 1.29 is 5.11 Å². The highest BCUT2D eigenvalue weighted by atomic mass is 32.1. The Morgan fingerprint density at radius 3 is 2.72 bits per heavy atom. The summed E-state index contributed by atoms with van der Waals surface area (Å²) in [6, 6.07) is 0. The summed E-state index contributed by atoms with van der Waals surface area (Å²) in [5.74, 6) is 0.506. The van der Waals surface area contributed by atoms with Crippen molar-refractivity contribution in [1.82, 2.24) is 10.3 Å². The van der Waals surface area contributed by atoms with Gasteiger partial charge >= 0.3 is 0 Å². The minimum absolute atomic E-state index is 0.468. The molecule has 0 amide bonds. The quantitative estimate of drug-likeness (QED) is 0.862. The van der Waals surface area contributed by atoms with Crippen LogP contribution in [0.4, 0.5) is 0 Å². The third-order valence-electron chi connectivity index (χ3n) is 3.60. The molecule has 3 nitrogen and oxygen atoms in total. The van der Waals surface area contributed by atoms with E-state index in [1.54, 1.807) is 11.3 Å². The number of thiazole rings is 1. The number of rotatable bonds is 5. The normalized spacial score (nSPS) is 19.3. The minimum atomic E-state index is -0.468. The van der Waals surface area contributed by atoms with Crippen molar-refractivity contribution in [3.05, 3.63) is 16.1 Å². The summed E-state index contributed by atoms with van der Waals surface area (Å²) in [4.78, 5) is 5.68. The molecule has 102 valence electrons. The molecule has 0 aromatic carbocycles. The Bertz CT molecular complexity index is 370. The highest BCUT2D eigenvalue weighted by Crippen LogP contribution is 2.27. The van der Waals surface area contributed by atoms with Crippen molar-refractivity contribution in [2.75, 3.05) is 6.54 Å². The lowest BCUT2D eigenvalue weighted by Gasteiger charge is -2.32. The largest absolute Gasteiger partial charge is 0.389 e. The molecule has 18 heavy (non-hydrogen) atoms. The van der Waals surface area contributed by atoms with Crippen LogP contribution < -0.4 is 5.32 Å². The number of aliphatic hydroxyl groups is 1. The maximum Gasteiger partial charge on any atom is 0.0953 e. The molecule has 2 N–H and O–H groups in total. The zero-order valence-electron chi connectivity index (χ0n) is 11.4. The van der Waals surface area contributed by atoms with Crippen LogP contribution in [-0.4, -0.2) is 22.2 Å². The molecule has 0 saturated heterocycles. The van der Waals surface area contributed by atoms with Gasteiger partial charge in [-0.3, -0.25) is 0 Å². The summed E-state index contributed by atoms with van der Waals surface area (Å²) in [6.07, 6.45) is 7.44. The summed E-state index contributed by atoms with van der Waals surface area (Å²) < 4.78 is 0. The fourth-order valence-electron chi connectivity index (χ4n) is 2.48. The second kappa shape index (κ2) is 6.13. The van der Waals surface area contributed by atoms with E-state index in [1.165, 1.54) is 16.3 Å². The third-order valence-corrected chi connectivity index (χ3v) is 4.90. The molecular formula is C14H24N2OS. The summed E-state index contributed by atoms with van der Waals surface area (Å²) in [5, 5.41) is 14.9. The molecule has 1 aromatic heterocycles. The SMILES string of the molecule is CC(C)c1ncc(CNCC2(O)CCCCC2)s1. The molecule has 0 spiro atoms. The van der Waals surface area contributed by atoms with E-state index < -0.39 is 5.60 Å². The van der Waals surface area contributed by atoms with Gasteiger partial charge in [0.15, 0.2) is 0 Å². The first-order valence-corrected chi connectivity index (χ1v) is 7.78. The second-order valence-corrected chi connectivity index (χ2v) is 6.85. The fourth-order valence-corrected chi connectivity index (χ4v) is 3.37. The van der Waals surface area contributed by atoms with Crippen LogP contribution >= 0.6 is 11.3 Å². The molecule has 2 rings (SSSR count). The van der Waals surface area contributed by atoms with Gasteiger partial charge in [0.25, 0.3) is 0 Å². The first-order chi connectivity index (χ1) is 8.59.